The highest BCUT2D eigenvalue weighted by molar-refractivity contribution is 5.86. The molecule has 0 aliphatic heterocycles. The highest BCUT2D eigenvalue weighted by atomic mass is 16.1. The first-order chi connectivity index (χ1) is 7.31. The van der Waals surface area contributed by atoms with Gasteiger partial charge in [-0.05, 0) is 25.2 Å². The van der Waals surface area contributed by atoms with Crippen molar-refractivity contribution < 1.29 is 4.79 Å². The van der Waals surface area contributed by atoms with Crippen LogP contribution in [0.1, 0.15) is 51.9 Å². The topological polar surface area (TPSA) is 17.1 Å². The molecular formula is C14H22O. The first-order valence-corrected chi connectivity index (χ1v) is 6.53. The third-order valence-electron chi connectivity index (χ3n) is 3.93. The summed E-state index contributed by atoms with van der Waals surface area (Å²) in [6.45, 7) is 2.23. The Labute approximate surface area is 92.9 Å². The molecule has 15 heavy (non-hydrogen) atoms. The summed E-state index contributed by atoms with van der Waals surface area (Å²) in [7, 11) is 0. The van der Waals surface area contributed by atoms with E-state index in [1.54, 1.807) is 0 Å². The van der Waals surface area contributed by atoms with Crippen LogP contribution in [-0.4, -0.2) is 5.78 Å². The van der Waals surface area contributed by atoms with E-state index in [0.29, 0.717) is 17.6 Å². The number of allylic oxidation sites excluding steroid dienone is 2. The monoisotopic (exact) mass is 206 g/mol. The van der Waals surface area contributed by atoms with Crippen molar-refractivity contribution in [3.05, 3.63) is 12.2 Å². The molecule has 3 unspecified atom stereocenters. The van der Waals surface area contributed by atoms with Crippen LogP contribution in [0.4, 0.5) is 0 Å². The number of Topliss-reactive ketones (excluding diaryl/α,β-unsaturated/α-hetero) is 1. The smallest absolute Gasteiger partial charge is 0.142 e. The number of hydrogen-bond donors (Lipinski definition) is 0. The van der Waals surface area contributed by atoms with Crippen LogP contribution in [0.5, 0.6) is 0 Å². The zero-order chi connectivity index (χ0) is 10.7. The summed E-state index contributed by atoms with van der Waals surface area (Å²) in [4.78, 5) is 12.0. The predicted octanol–water partition coefficient (Wildman–Crippen LogP) is 3.74. The first-order valence-electron chi connectivity index (χ1n) is 6.53. The molecule has 0 amide bonds. The summed E-state index contributed by atoms with van der Waals surface area (Å²) < 4.78 is 0. The molecule has 0 aromatic carbocycles. The van der Waals surface area contributed by atoms with Crippen LogP contribution in [0.2, 0.25) is 0 Å². The fourth-order valence-electron chi connectivity index (χ4n) is 3.02. The predicted molar refractivity (Wildman–Crippen MR) is 62.6 cm³/mol. The van der Waals surface area contributed by atoms with E-state index >= 15 is 0 Å². The van der Waals surface area contributed by atoms with Gasteiger partial charge in [0.05, 0.1) is 0 Å². The van der Waals surface area contributed by atoms with E-state index in [1.807, 2.05) is 0 Å². The Balaban J connectivity index is 1.76. The minimum absolute atomic E-state index is 0.292. The minimum Gasteiger partial charge on any atom is -0.299 e. The second-order valence-electron chi connectivity index (χ2n) is 5.17. The van der Waals surface area contributed by atoms with Crippen molar-refractivity contribution in [1.29, 1.82) is 0 Å². The molecule has 2 rings (SSSR count). The Morgan fingerprint density at radius 3 is 2.87 bits per heavy atom. The van der Waals surface area contributed by atoms with Crippen LogP contribution in [-0.2, 0) is 4.79 Å². The quantitative estimate of drug-likeness (QED) is 0.494. The third kappa shape index (κ3) is 2.50. The molecule has 2 aliphatic rings. The van der Waals surface area contributed by atoms with E-state index < -0.39 is 0 Å². The lowest BCUT2D eigenvalue weighted by Gasteiger charge is -2.26. The lowest BCUT2D eigenvalue weighted by atomic mass is 9.77. The van der Waals surface area contributed by atoms with Gasteiger partial charge in [-0.25, -0.2) is 0 Å². The molecule has 0 radical (unpaired) electrons. The molecule has 1 saturated carbocycles. The molecule has 0 aromatic heterocycles. The number of rotatable bonds is 5. The van der Waals surface area contributed by atoms with Gasteiger partial charge in [0.1, 0.15) is 5.78 Å². The third-order valence-corrected chi connectivity index (χ3v) is 3.93. The van der Waals surface area contributed by atoms with E-state index in [-0.39, 0.29) is 0 Å². The van der Waals surface area contributed by atoms with Crippen LogP contribution in [0.15, 0.2) is 12.2 Å². The Hall–Kier alpha value is -0.590. The van der Waals surface area contributed by atoms with E-state index in [2.05, 4.69) is 19.1 Å². The summed E-state index contributed by atoms with van der Waals surface area (Å²) in [6, 6.07) is 0. The lowest BCUT2D eigenvalue weighted by Crippen LogP contribution is -2.28. The Morgan fingerprint density at radius 2 is 2.07 bits per heavy atom. The number of ketones is 1. The van der Waals surface area contributed by atoms with E-state index in [4.69, 9.17) is 0 Å². The maximum atomic E-state index is 12.0. The number of carbonyl (C=O) groups excluding carboxylic acids is 1. The largest absolute Gasteiger partial charge is 0.299 e. The second kappa shape index (κ2) is 4.96. The number of hydrogen-bond acceptors (Lipinski definition) is 1. The summed E-state index contributed by atoms with van der Waals surface area (Å²) >= 11 is 0. The van der Waals surface area contributed by atoms with Crippen molar-refractivity contribution in [2.24, 2.45) is 17.8 Å². The zero-order valence-corrected chi connectivity index (χ0v) is 9.74. The standard InChI is InChI=1S/C14H22O/c1-2-3-4-5-6-12-9-11-7-8-13(10-11)14(12)15/h7-8,11-13H,2-6,9-10H2,1H3. The van der Waals surface area contributed by atoms with E-state index in [0.717, 1.165) is 25.2 Å². The SMILES string of the molecule is CCCCCCC1CC2C=CC(C2)C1=O. The van der Waals surface area contributed by atoms with Gasteiger partial charge < -0.3 is 0 Å². The molecule has 1 nitrogen and oxygen atoms in total. The Bertz CT molecular complexity index is 254. The van der Waals surface area contributed by atoms with Crippen molar-refractivity contribution in [3.8, 4) is 0 Å². The lowest BCUT2D eigenvalue weighted by molar-refractivity contribution is -0.128. The van der Waals surface area contributed by atoms with Crippen LogP contribution in [0.3, 0.4) is 0 Å². The fraction of sp³-hybridized carbons (Fsp3) is 0.786. The molecule has 3 atom stereocenters. The van der Waals surface area contributed by atoms with Gasteiger partial charge in [0.2, 0.25) is 0 Å². The van der Waals surface area contributed by atoms with Gasteiger partial charge in [-0.1, -0.05) is 44.8 Å². The van der Waals surface area contributed by atoms with Crippen molar-refractivity contribution in [2.45, 2.75) is 51.9 Å². The van der Waals surface area contributed by atoms with Gasteiger partial charge >= 0.3 is 0 Å². The zero-order valence-electron chi connectivity index (χ0n) is 9.74. The maximum Gasteiger partial charge on any atom is 0.142 e. The summed E-state index contributed by atoms with van der Waals surface area (Å²) in [5, 5.41) is 0. The second-order valence-corrected chi connectivity index (χ2v) is 5.17. The van der Waals surface area contributed by atoms with Gasteiger partial charge in [-0.3, -0.25) is 4.79 Å². The summed E-state index contributed by atoms with van der Waals surface area (Å²) in [5.41, 5.74) is 0. The van der Waals surface area contributed by atoms with Crippen LogP contribution >= 0.6 is 0 Å². The number of fused-ring (bicyclic) bond motifs is 2. The number of unbranched alkanes of at least 4 members (excludes halogenated alkanes) is 3. The van der Waals surface area contributed by atoms with Crippen LogP contribution in [0, 0.1) is 17.8 Å². The van der Waals surface area contributed by atoms with E-state index in [9.17, 15) is 4.79 Å². The van der Waals surface area contributed by atoms with Gasteiger partial charge in [0.15, 0.2) is 0 Å². The van der Waals surface area contributed by atoms with Gasteiger partial charge in [-0.2, -0.15) is 0 Å². The Kier molecular flexibility index (Phi) is 3.61. The summed E-state index contributed by atoms with van der Waals surface area (Å²) in [5.74, 6) is 1.95. The van der Waals surface area contributed by atoms with Crippen molar-refractivity contribution in [3.63, 3.8) is 0 Å². The van der Waals surface area contributed by atoms with E-state index in [1.165, 1.54) is 25.7 Å². The molecule has 0 heterocycles. The van der Waals surface area contributed by atoms with Crippen molar-refractivity contribution in [2.75, 3.05) is 0 Å². The molecular weight excluding hydrogens is 184 g/mol. The molecule has 2 aliphatic carbocycles. The van der Waals surface area contributed by atoms with Gasteiger partial charge in [-0.15, -0.1) is 0 Å². The summed E-state index contributed by atoms with van der Waals surface area (Å²) in [6.07, 6.45) is 13.0. The normalized spacial score (nSPS) is 33.7. The molecule has 1 fully saturated rings. The van der Waals surface area contributed by atoms with Crippen molar-refractivity contribution >= 4 is 5.78 Å². The van der Waals surface area contributed by atoms with Gasteiger partial charge in [0, 0.05) is 11.8 Å². The van der Waals surface area contributed by atoms with Crippen LogP contribution < -0.4 is 0 Å². The first kappa shape index (κ1) is 10.9. The molecule has 0 aromatic rings. The van der Waals surface area contributed by atoms with Crippen molar-refractivity contribution in [1.82, 2.24) is 0 Å². The van der Waals surface area contributed by atoms with Gasteiger partial charge in [0.25, 0.3) is 0 Å². The molecule has 0 spiro atoms. The minimum atomic E-state index is 0.292. The molecule has 0 saturated heterocycles. The van der Waals surface area contributed by atoms with Crippen LogP contribution in [0.25, 0.3) is 0 Å². The Morgan fingerprint density at radius 1 is 1.20 bits per heavy atom. The molecule has 1 heteroatoms. The molecule has 0 N–H and O–H groups in total. The average molecular weight is 206 g/mol. The fourth-order valence-corrected chi connectivity index (χ4v) is 3.02. The highest BCUT2D eigenvalue weighted by Gasteiger charge is 2.36. The molecule has 84 valence electrons. The highest BCUT2D eigenvalue weighted by Crippen LogP contribution is 2.39. The maximum absolute atomic E-state index is 12.0. The average Bonchev–Trinajstić information content (AvgIpc) is 2.64. The number of carbonyl (C=O) groups is 1. The molecule has 2 bridgehead atoms.